The number of aliphatic hydroxyl groups is 1. The van der Waals surface area contributed by atoms with Crippen LogP contribution in [-0.2, 0) is 18.9 Å². The predicted octanol–water partition coefficient (Wildman–Crippen LogP) is 4.67. The Morgan fingerprint density at radius 1 is 0.759 bits per heavy atom. The molecule has 1 aromatic carbocycles. The highest BCUT2D eigenvalue weighted by molar-refractivity contribution is 5.20. The van der Waals surface area contributed by atoms with Crippen molar-refractivity contribution < 1.29 is 24.1 Å². The van der Waals surface area contributed by atoms with E-state index in [1.165, 1.54) is 0 Å². The molecule has 29 heavy (non-hydrogen) atoms. The van der Waals surface area contributed by atoms with Gasteiger partial charge in [0.25, 0.3) is 0 Å². The van der Waals surface area contributed by atoms with Crippen LogP contribution in [0.15, 0.2) is 30.3 Å². The van der Waals surface area contributed by atoms with Gasteiger partial charge in [-0.05, 0) is 24.8 Å². The van der Waals surface area contributed by atoms with Gasteiger partial charge >= 0.3 is 0 Å². The average Bonchev–Trinajstić information content (AvgIpc) is 2.76. The molecule has 0 saturated carbocycles. The molecule has 1 N–H and O–H groups in total. The van der Waals surface area contributed by atoms with Gasteiger partial charge in [-0.2, -0.15) is 0 Å². The van der Waals surface area contributed by atoms with Crippen LogP contribution in [0.2, 0.25) is 0 Å². The number of benzene rings is 1. The molecule has 0 amide bonds. The maximum atomic E-state index is 10.1. The van der Waals surface area contributed by atoms with Gasteiger partial charge in [0.2, 0.25) is 0 Å². The van der Waals surface area contributed by atoms with Crippen molar-refractivity contribution in [2.24, 2.45) is 0 Å². The number of unbranched alkanes of at least 4 members (excludes halogenated alkanes) is 3. The Balaban J connectivity index is 2.28. The van der Waals surface area contributed by atoms with E-state index in [0.717, 1.165) is 44.1 Å². The monoisotopic (exact) mass is 408 g/mol. The van der Waals surface area contributed by atoms with Crippen molar-refractivity contribution in [3.63, 3.8) is 0 Å². The van der Waals surface area contributed by atoms with E-state index in [4.69, 9.17) is 18.9 Å². The van der Waals surface area contributed by atoms with Crippen molar-refractivity contribution in [3.8, 4) is 0 Å². The van der Waals surface area contributed by atoms with Gasteiger partial charge < -0.3 is 24.1 Å². The third-order valence-electron chi connectivity index (χ3n) is 5.37. The van der Waals surface area contributed by atoms with E-state index in [2.05, 4.69) is 32.9 Å². The first-order valence-corrected chi connectivity index (χ1v) is 11.4. The van der Waals surface area contributed by atoms with Gasteiger partial charge in [-0.15, -0.1) is 0 Å². The van der Waals surface area contributed by atoms with Crippen molar-refractivity contribution in [2.45, 2.75) is 89.8 Å². The van der Waals surface area contributed by atoms with Crippen LogP contribution in [0.25, 0.3) is 0 Å². The van der Waals surface area contributed by atoms with Crippen LogP contribution in [0.3, 0.4) is 0 Å². The summed E-state index contributed by atoms with van der Waals surface area (Å²) in [6.07, 6.45) is 4.54. The summed E-state index contributed by atoms with van der Waals surface area (Å²) in [5.74, 6) is 0. The molecule has 0 bridgehead atoms. The van der Waals surface area contributed by atoms with E-state index in [0.29, 0.717) is 19.8 Å². The Bertz CT molecular complexity index is 523. The maximum Gasteiger partial charge on any atom is 0.117 e. The van der Waals surface area contributed by atoms with Crippen LogP contribution in [0.5, 0.6) is 0 Å². The van der Waals surface area contributed by atoms with Gasteiger partial charge in [-0.1, -0.05) is 70.4 Å². The summed E-state index contributed by atoms with van der Waals surface area (Å²) in [5, 5.41) is 10.1. The molecule has 5 atom stereocenters. The second-order valence-corrected chi connectivity index (χ2v) is 7.76. The van der Waals surface area contributed by atoms with E-state index in [-0.39, 0.29) is 31.0 Å². The summed E-state index contributed by atoms with van der Waals surface area (Å²) >= 11 is 0. The molecule has 2 rings (SSSR count). The first-order chi connectivity index (χ1) is 14.3. The zero-order valence-corrected chi connectivity index (χ0v) is 18.4. The number of hydrogen-bond acceptors (Lipinski definition) is 5. The number of rotatable bonds is 14. The molecule has 5 nitrogen and oxygen atoms in total. The fraction of sp³-hybridized carbons (Fsp3) is 0.750. The zero-order chi connectivity index (χ0) is 20.9. The van der Waals surface area contributed by atoms with Crippen LogP contribution in [0, 0.1) is 0 Å². The van der Waals surface area contributed by atoms with Crippen LogP contribution in [0.4, 0.5) is 0 Å². The van der Waals surface area contributed by atoms with Crippen LogP contribution in [-0.4, -0.2) is 55.9 Å². The van der Waals surface area contributed by atoms with Crippen molar-refractivity contribution in [3.05, 3.63) is 35.9 Å². The van der Waals surface area contributed by atoms with Crippen LogP contribution < -0.4 is 0 Å². The second-order valence-electron chi connectivity index (χ2n) is 7.76. The Morgan fingerprint density at radius 2 is 1.28 bits per heavy atom. The molecular formula is C24H40O5. The van der Waals surface area contributed by atoms with Gasteiger partial charge in [0.1, 0.15) is 30.5 Å². The molecule has 1 aromatic rings. The molecule has 1 aliphatic rings. The highest BCUT2D eigenvalue weighted by atomic mass is 16.6. The normalized spacial score (nSPS) is 27.2. The number of aliphatic hydroxyl groups excluding tert-OH is 1. The quantitative estimate of drug-likeness (QED) is 0.453. The van der Waals surface area contributed by atoms with Crippen molar-refractivity contribution in [2.75, 3.05) is 26.4 Å². The van der Waals surface area contributed by atoms with Gasteiger partial charge in [0.05, 0.1) is 6.61 Å². The fourth-order valence-electron chi connectivity index (χ4n) is 3.64. The SMILES string of the molecule is CCCCOC1[C@H](OCCCC)C(OCCCC)[C@H](c2ccccc2)O[C@@H]1CO. The van der Waals surface area contributed by atoms with E-state index in [1.807, 2.05) is 18.2 Å². The summed E-state index contributed by atoms with van der Waals surface area (Å²) in [6, 6.07) is 10.1. The van der Waals surface area contributed by atoms with E-state index in [9.17, 15) is 5.11 Å². The smallest absolute Gasteiger partial charge is 0.117 e. The van der Waals surface area contributed by atoms with Crippen molar-refractivity contribution in [1.29, 1.82) is 0 Å². The molecule has 0 aromatic heterocycles. The maximum absolute atomic E-state index is 10.1. The Hall–Kier alpha value is -0.980. The molecule has 0 radical (unpaired) electrons. The zero-order valence-electron chi connectivity index (χ0n) is 18.4. The Morgan fingerprint density at radius 3 is 1.79 bits per heavy atom. The van der Waals surface area contributed by atoms with Gasteiger partial charge in [-0.25, -0.2) is 0 Å². The first kappa shape index (κ1) is 24.3. The molecule has 1 fully saturated rings. The van der Waals surface area contributed by atoms with E-state index >= 15 is 0 Å². The topological polar surface area (TPSA) is 57.2 Å². The lowest BCUT2D eigenvalue weighted by atomic mass is 9.90. The standard InChI is InChI=1S/C24H40O5/c1-4-7-15-26-22-20(18-25)29-21(19-13-11-10-12-14-19)23(27-16-8-5-2)24(22)28-17-9-6-3/h10-14,20-25H,4-9,15-18H2,1-3H3/t20-,21+,22?,23?,24+/m1/s1. The third kappa shape index (κ3) is 7.34. The Kier molecular flexibility index (Phi) is 11.8. The highest BCUT2D eigenvalue weighted by Crippen LogP contribution is 2.37. The summed E-state index contributed by atoms with van der Waals surface area (Å²) in [6.45, 7) is 8.29. The summed E-state index contributed by atoms with van der Waals surface area (Å²) in [5.41, 5.74) is 1.04. The number of hydrogen-bond donors (Lipinski definition) is 1. The largest absolute Gasteiger partial charge is 0.394 e. The molecule has 166 valence electrons. The third-order valence-corrected chi connectivity index (χ3v) is 5.37. The highest BCUT2D eigenvalue weighted by Gasteiger charge is 2.48. The van der Waals surface area contributed by atoms with Gasteiger partial charge in [0, 0.05) is 19.8 Å². The van der Waals surface area contributed by atoms with Crippen molar-refractivity contribution >= 4 is 0 Å². The summed E-state index contributed by atoms with van der Waals surface area (Å²) in [4.78, 5) is 0. The molecule has 5 heteroatoms. The van der Waals surface area contributed by atoms with Crippen molar-refractivity contribution in [1.82, 2.24) is 0 Å². The molecule has 0 spiro atoms. The van der Waals surface area contributed by atoms with Gasteiger partial charge in [0.15, 0.2) is 0 Å². The first-order valence-electron chi connectivity index (χ1n) is 11.4. The Labute approximate surface area is 176 Å². The molecule has 0 aliphatic carbocycles. The van der Waals surface area contributed by atoms with E-state index in [1.54, 1.807) is 0 Å². The summed E-state index contributed by atoms with van der Waals surface area (Å²) in [7, 11) is 0. The minimum absolute atomic E-state index is 0.102. The lowest BCUT2D eigenvalue weighted by molar-refractivity contribution is -0.266. The van der Waals surface area contributed by atoms with Crippen LogP contribution in [0.1, 0.15) is 71.0 Å². The fourth-order valence-corrected chi connectivity index (χ4v) is 3.64. The molecule has 1 saturated heterocycles. The lowest BCUT2D eigenvalue weighted by Gasteiger charge is -2.46. The molecule has 2 unspecified atom stereocenters. The predicted molar refractivity (Wildman–Crippen MR) is 115 cm³/mol. The van der Waals surface area contributed by atoms with E-state index < -0.39 is 6.10 Å². The van der Waals surface area contributed by atoms with Gasteiger partial charge in [-0.3, -0.25) is 0 Å². The summed E-state index contributed by atoms with van der Waals surface area (Å²) < 4.78 is 25.3. The second kappa shape index (κ2) is 14.1. The molecular weight excluding hydrogens is 368 g/mol. The average molecular weight is 409 g/mol. The molecule has 1 heterocycles. The minimum Gasteiger partial charge on any atom is -0.394 e. The number of ether oxygens (including phenoxy) is 4. The lowest BCUT2D eigenvalue weighted by Crippen LogP contribution is -2.58. The molecule has 1 aliphatic heterocycles. The minimum atomic E-state index is -0.435. The van der Waals surface area contributed by atoms with Crippen LogP contribution >= 0.6 is 0 Å².